The van der Waals surface area contributed by atoms with Crippen LogP contribution in [0.15, 0.2) is 35.1 Å². The van der Waals surface area contributed by atoms with Crippen LogP contribution in [0.25, 0.3) is 5.52 Å². The lowest BCUT2D eigenvalue weighted by atomic mass is 9.99. The summed E-state index contributed by atoms with van der Waals surface area (Å²) in [4.78, 5) is 27.4. The van der Waals surface area contributed by atoms with Gasteiger partial charge in [-0.25, -0.2) is 14.5 Å². The molecule has 1 N–H and O–H groups in total. The Morgan fingerprint density at radius 3 is 3.00 bits per heavy atom. The molecule has 0 saturated carbocycles. The van der Waals surface area contributed by atoms with Gasteiger partial charge in [0.1, 0.15) is 6.04 Å². The van der Waals surface area contributed by atoms with Crippen molar-refractivity contribution in [2.24, 2.45) is 0 Å². The largest absolute Gasteiger partial charge is 0.435 e. The Kier molecular flexibility index (Phi) is 4.01. The van der Waals surface area contributed by atoms with Crippen molar-refractivity contribution >= 4 is 11.4 Å². The summed E-state index contributed by atoms with van der Waals surface area (Å²) in [5.74, 6) is 0.691. The fourth-order valence-electron chi connectivity index (χ4n) is 4.04. The topological polar surface area (TPSA) is 92.3 Å². The number of carbonyl (C=O) groups excluding carboxylic acids is 1. The summed E-state index contributed by atoms with van der Waals surface area (Å²) in [5, 5.41) is 4.77. The molecule has 8 heteroatoms. The van der Waals surface area contributed by atoms with Crippen LogP contribution in [-0.4, -0.2) is 41.9 Å². The van der Waals surface area contributed by atoms with Crippen LogP contribution in [0.1, 0.15) is 57.8 Å². The highest BCUT2D eigenvalue weighted by molar-refractivity contribution is 5.93. The number of hydrogen-bond donors (Lipinski definition) is 1. The molecule has 0 bridgehead atoms. The highest BCUT2D eigenvalue weighted by Gasteiger charge is 2.38. The van der Waals surface area contributed by atoms with E-state index in [1.807, 2.05) is 36.7 Å². The molecule has 0 unspecified atom stereocenters. The number of pyridine rings is 1. The summed E-state index contributed by atoms with van der Waals surface area (Å²) in [7, 11) is 0. The smallest absolute Gasteiger partial charge is 0.292 e. The summed E-state index contributed by atoms with van der Waals surface area (Å²) in [6.45, 7) is 6.36. The Morgan fingerprint density at radius 1 is 1.38 bits per heavy atom. The van der Waals surface area contributed by atoms with Crippen molar-refractivity contribution in [3.63, 3.8) is 0 Å². The number of oxazole rings is 1. The van der Waals surface area contributed by atoms with Gasteiger partial charge < -0.3 is 14.3 Å². The molecular weight excluding hydrogens is 368 g/mol. The van der Waals surface area contributed by atoms with Crippen molar-refractivity contribution in [2.45, 2.75) is 39.7 Å². The zero-order chi connectivity index (χ0) is 20.1. The lowest BCUT2D eigenvalue weighted by Gasteiger charge is -2.33. The van der Waals surface area contributed by atoms with Gasteiger partial charge in [-0.1, -0.05) is 13.0 Å². The Labute approximate surface area is 167 Å². The molecule has 0 radical (unpaired) electrons. The van der Waals surface area contributed by atoms with Gasteiger partial charge >= 0.3 is 0 Å². The predicted molar refractivity (Wildman–Crippen MR) is 106 cm³/mol. The van der Waals surface area contributed by atoms with Crippen molar-refractivity contribution in [1.29, 1.82) is 0 Å². The first-order valence-electron chi connectivity index (χ1n) is 9.81. The van der Waals surface area contributed by atoms with Crippen LogP contribution < -0.4 is 0 Å². The quantitative estimate of drug-likeness (QED) is 0.580. The third-order valence-corrected chi connectivity index (χ3v) is 5.54. The van der Waals surface area contributed by atoms with E-state index in [1.54, 1.807) is 11.2 Å². The Balaban J connectivity index is 1.63. The summed E-state index contributed by atoms with van der Waals surface area (Å²) in [5.41, 5.74) is 5.41. The van der Waals surface area contributed by atoms with E-state index in [4.69, 9.17) is 9.52 Å². The van der Waals surface area contributed by atoms with Gasteiger partial charge in [0.25, 0.3) is 5.91 Å². The van der Waals surface area contributed by atoms with Crippen LogP contribution in [-0.2, 0) is 12.8 Å². The van der Waals surface area contributed by atoms with Crippen molar-refractivity contribution in [2.75, 3.05) is 6.54 Å². The molecule has 8 nitrogen and oxygen atoms in total. The molecule has 4 aromatic heterocycles. The highest BCUT2D eigenvalue weighted by atomic mass is 16.4. The maximum Gasteiger partial charge on any atom is 0.292 e. The second-order valence-corrected chi connectivity index (χ2v) is 7.38. The average molecular weight is 390 g/mol. The van der Waals surface area contributed by atoms with Crippen molar-refractivity contribution in [3.8, 4) is 0 Å². The molecule has 5 heterocycles. The standard InChI is InChI=1S/C21H22N6O2/c1-4-17-24-13(3)20(29-17)21(28)26-9-7-14-18(23-11-22-14)19(26)15-10-16-12(2)6-5-8-27(16)25-15/h5-6,8,10-11,19H,4,7,9H2,1-3H3,(H,22,23)/t19-/m1/s1. The molecule has 1 aliphatic heterocycles. The second-order valence-electron chi connectivity index (χ2n) is 7.38. The molecule has 1 amide bonds. The Bertz CT molecular complexity index is 1220. The van der Waals surface area contributed by atoms with Crippen molar-refractivity contribution < 1.29 is 9.21 Å². The second kappa shape index (κ2) is 6.58. The first kappa shape index (κ1) is 17.7. The van der Waals surface area contributed by atoms with Gasteiger partial charge in [-0.15, -0.1) is 0 Å². The number of amides is 1. The lowest BCUT2D eigenvalue weighted by Crippen LogP contribution is -2.41. The number of carbonyl (C=O) groups is 1. The van der Waals surface area contributed by atoms with Crippen LogP contribution >= 0.6 is 0 Å². The van der Waals surface area contributed by atoms with E-state index >= 15 is 0 Å². The average Bonchev–Trinajstić information content (AvgIpc) is 3.44. The summed E-state index contributed by atoms with van der Waals surface area (Å²) >= 11 is 0. The van der Waals surface area contributed by atoms with E-state index in [-0.39, 0.29) is 11.9 Å². The van der Waals surface area contributed by atoms with E-state index in [2.05, 4.69) is 27.9 Å². The number of aromatic nitrogens is 5. The van der Waals surface area contributed by atoms with Crippen LogP contribution in [0, 0.1) is 13.8 Å². The Morgan fingerprint density at radius 2 is 2.24 bits per heavy atom. The zero-order valence-corrected chi connectivity index (χ0v) is 16.6. The summed E-state index contributed by atoms with van der Waals surface area (Å²) in [6, 6.07) is 5.67. The molecule has 1 atom stereocenters. The first-order chi connectivity index (χ1) is 14.1. The molecular formula is C21H22N6O2. The maximum atomic E-state index is 13.5. The summed E-state index contributed by atoms with van der Waals surface area (Å²) in [6.07, 6.45) is 4.95. The van der Waals surface area contributed by atoms with Gasteiger partial charge in [0, 0.05) is 31.3 Å². The minimum atomic E-state index is -0.383. The monoisotopic (exact) mass is 390 g/mol. The van der Waals surface area contributed by atoms with E-state index in [0.717, 1.165) is 28.2 Å². The highest BCUT2D eigenvalue weighted by Crippen LogP contribution is 2.35. The number of imidazole rings is 1. The van der Waals surface area contributed by atoms with Gasteiger partial charge in [0.2, 0.25) is 5.76 Å². The van der Waals surface area contributed by atoms with E-state index in [9.17, 15) is 4.79 Å². The number of aromatic amines is 1. The number of rotatable bonds is 3. The van der Waals surface area contributed by atoms with Gasteiger partial charge in [-0.2, -0.15) is 5.10 Å². The number of nitrogens with zero attached hydrogens (tertiary/aromatic N) is 5. The molecule has 0 saturated heterocycles. The summed E-state index contributed by atoms with van der Waals surface area (Å²) < 4.78 is 7.60. The fraction of sp³-hybridized carbons (Fsp3) is 0.333. The number of aryl methyl sites for hydroxylation is 3. The van der Waals surface area contributed by atoms with Gasteiger partial charge in [-0.3, -0.25) is 4.79 Å². The normalized spacial score (nSPS) is 16.4. The Hall–Kier alpha value is -3.42. The molecule has 0 aliphatic carbocycles. The van der Waals surface area contributed by atoms with E-state index < -0.39 is 0 Å². The number of nitrogens with one attached hydrogen (secondary N) is 1. The molecule has 148 valence electrons. The predicted octanol–water partition coefficient (Wildman–Crippen LogP) is 3.01. The molecule has 0 spiro atoms. The number of hydrogen-bond acceptors (Lipinski definition) is 5. The van der Waals surface area contributed by atoms with Crippen LogP contribution in [0.2, 0.25) is 0 Å². The lowest BCUT2D eigenvalue weighted by molar-refractivity contribution is 0.0651. The third kappa shape index (κ3) is 2.74. The van der Waals surface area contributed by atoms with Crippen LogP contribution in [0.5, 0.6) is 0 Å². The van der Waals surface area contributed by atoms with Gasteiger partial charge in [0.05, 0.1) is 28.9 Å². The van der Waals surface area contributed by atoms with Crippen molar-refractivity contribution in [1.82, 2.24) is 29.5 Å². The van der Waals surface area contributed by atoms with Gasteiger partial charge in [0.15, 0.2) is 5.89 Å². The maximum absolute atomic E-state index is 13.5. The van der Waals surface area contributed by atoms with Gasteiger partial charge in [-0.05, 0) is 31.5 Å². The van der Waals surface area contributed by atoms with Crippen LogP contribution in [0.3, 0.4) is 0 Å². The third-order valence-electron chi connectivity index (χ3n) is 5.54. The zero-order valence-electron chi connectivity index (χ0n) is 16.6. The fourth-order valence-corrected chi connectivity index (χ4v) is 4.04. The molecule has 0 fully saturated rings. The van der Waals surface area contributed by atoms with Crippen molar-refractivity contribution in [3.05, 3.63) is 70.7 Å². The molecule has 4 aromatic rings. The first-order valence-corrected chi connectivity index (χ1v) is 9.81. The van der Waals surface area contributed by atoms with E-state index in [0.29, 0.717) is 36.7 Å². The number of H-pyrrole nitrogens is 1. The van der Waals surface area contributed by atoms with Crippen LogP contribution in [0.4, 0.5) is 0 Å². The molecule has 5 rings (SSSR count). The molecule has 0 aromatic carbocycles. The number of fused-ring (bicyclic) bond motifs is 2. The molecule has 1 aliphatic rings. The van der Waals surface area contributed by atoms with E-state index in [1.165, 1.54) is 0 Å². The molecule has 29 heavy (non-hydrogen) atoms. The SMILES string of the molecule is CCc1nc(C)c(C(=O)N2CCc3[nH]cnc3[C@H]2c2cc3c(C)cccn3n2)o1. The minimum Gasteiger partial charge on any atom is -0.435 e. The minimum absolute atomic E-state index is 0.179.